The van der Waals surface area contributed by atoms with E-state index < -0.39 is 26.3 Å². The summed E-state index contributed by atoms with van der Waals surface area (Å²) in [4.78, 5) is 0. The standard InChI is InChI=1S/Fe.HO3S.Zr/c;1-4(2)3;/h;(H,1,2,3);. The van der Waals surface area contributed by atoms with E-state index in [1.165, 1.54) is 0 Å². The van der Waals surface area contributed by atoms with Crippen molar-refractivity contribution in [1.82, 2.24) is 0 Å². The summed E-state index contributed by atoms with van der Waals surface area (Å²) < 4.78 is 26.9. The quantitative estimate of drug-likeness (QED) is 0.478. The normalized spacial score (nSPS) is 11.0. The molecule has 37 valence electrons. The van der Waals surface area contributed by atoms with Gasteiger partial charge in [-0.3, -0.25) is 0 Å². The molecule has 0 fully saturated rings. The van der Waals surface area contributed by atoms with Crippen LogP contribution in [0.4, 0.5) is 0 Å². The van der Waals surface area contributed by atoms with Crippen LogP contribution in [-0.4, -0.2) is 13.0 Å². The molecule has 0 atom stereocenters. The Morgan fingerprint density at radius 3 is 1.83 bits per heavy atom. The van der Waals surface area contributed by atoms with Crippen LogP contribution in [0.3, 0.4) is 0 Å². The number of hydrogen-bond donors (Lipinski definition) is 1. The average Bonchev–Trinajstić information content (AvgIpc) is 1.35. The Hall–Kier alpha value is 1.31. The fraction of sp³-hybridized carbons (Fsp3) is 0. The molecule has 0 amide bonds. The molecule has 3 nitrogen and oxygen atoms in total. The summed E-state index contributed by atoms with van der Waals surface area (Å²) in [6, 6.07) is 0. The molecule has 0 aliphatic rings. The maximum absolute atomic E-state index is 9.57. The predicted octanol–water partition coefficient (Wildman–Crippen LogP) is -0.666. The van der Waals surface area contributed by atoms with Crippen LogP contribution in [0.25, 0.3) is 0 Å². The van der Waals surface area contributed by atoms with Gasteiger partial charge in [0.2, 0.25) is 0 Å². The number of hydrogen-bond acceptors (Lipinski definition) is 2. The van der Waals surface area contributed by atoms with Crippen LogP contribution < -0.4 is 0 Å². The van der Waals surface area contributed by atoms with E-state index in [1.54, 1.807) is 0 Å². The zero-order valence-electron chi connectivity index (χ0n) is 2.53. The average molecular weight is 228 g/mol. The van der Waals surface area contributed by atoms with Gasteiger partial charge in [-0.05, 0) is 0 Å². The molecule has 0 unspecified atom stereocenters. The summed E-state index contributed by atoms with van der Waals surface area (Å²) in [5, 5.41) is 0. The molecule has 0 spiro atoms. The Bertz CT molecular complexity index is 113. The van der Waals surface area contributed by atoms with Gasteiger partial charge in [-0.2, -0.15) is 0 Å². The predicted molar refractivity (Wildman–Crippen MR) is 11.5 cm³/mol. The van der Waals surface area contributed by atoms with Gasteiger partial charge in [0.05, 0.1) is 0 Å². The van der Waals surface area contributed by atoms with E-state index in [-0.39, 0.29) is 0 Å². The van der Waals surface area contributed by atoms with Crippen molar-refractivity contribution in [2.45, 2.75) is 0 Å². The summed E-state index contributed by atoms with van der Waals surface area (Å²) in [6.07, 6.45) is 0. The Labute approximate surface area is 51.2 Å². The summed E-state index contributed by atoms with van der Waals surface area (Å²) in [5.74, 6) is 0. The zero-order valence-corrected chi connectivity index (χ0v) is 6.90. The molecule has 0 saturated heterocycles. The third-order valence-corrected chi connectivity index (χ3v) is 6.67. The van der Waals surface area contributed by atoms with Crippen LogP contribution in [0.1, 0.15) is 0 Å². The molecule has 0 bridgehead atoms. The second-order valence-corrected chi connectivity index (χ2v) is 10.5. The van der Waals surface area contributed by atoms with E-state index in [1.807, 2.05) is 0 Å². The van der Waals surface area contributed by atoms with E-state index in [2.05, 4.69) is 12.3 Å². The van der Waals surface area contributed by atoms with Crippen molar-refractivity contribution >= 4 is 6.87 Å². The van der Waals surface area contributed by atoms with Crippen molar-refractivity contribution in [3.8, 4) is 0 Å². The van der Waals surface area contributed by atoms with Gasteiger partial charge in [-0.25, -0.2) is 0 Å². The van der Waals surface area contributed by atoms with Crippen LogP contribution in [0.15, 0.2) is 0 Å². The van der Waals surface area contributed by atoms with Crippen LogP contribution in [0.5, 0.6) is 0 Å². The van der Waals surface area contributed by atoms with E-state index in [9.17, 15) is 8.42 Å². The maximum atomic E-state index is 9.57. The van der Waals surface area contributed by atoms with Crippen LogP contribution >= 0.6 is 0 Å². The molecule has 0 aromatic carbocycles. The molecular weight excluding hydrogens is 227 g/mol. The second-order valence-electron chi connectivity index (χ2n) is 0.547. The Balaban J connectivity index is 3.85. The molecule has 0 saturated carbocycles. The first-order chi connectivity index (χ1) is 2.56. The Morgan fingerprint density at radius 2 is 1.83 bits per heavy atom. The van der Waals surface area contributed by atoms with E-state index in [0.29, 0.717) is 0 Å². The first kappa shape index (κ1) is 7.31. The number of rotatable bonds is 1. The molecule has 6 heteroatoms. The first-order valence-electron chi connectivity index (χ1n) is 0.897. The summed E-state index contributed by atoms with van der Waals surface area (Å²) in [6.45, 7) is -3.60. The molecule has 0 heterocycles. The van der Waals surface area contributed by atoms with Gasteiger partial charge in [-0.15, -0.1) is 0 Å². The summed E-state index contributed by atoms with van der Waals surface area (Å²) in [7, 11) is 0. The molecule has 0 radical (unpaired) electrons. The fourth-order valence-corrected chi connectivity index (χ4v) is 0. The summed E-state index contributed by atoms with van der Waals surface area (Å²) >= 11 is 1.39. The fourth-order valence-electron chi connectivity index (χ4n) is 0. The molecule has 6 heavy (non-hydrogen) atoms. The van der Waals surface area contributed by atoms with Gasteiger partial charge in [0.15, 0.2) is 0 Å². The summed E-state index contributed by atoms with van der Waals surface area (Å²) in [5.41, 5.74) is 0. The van der Waals surface area contributed by atoms with E-state index in [4.69, 9.17) is 4.55 Å². The van der Waals surface area contributed by atoms with Crippen molar-refractivity contribution in [3.63, 3.8) is 0 Å². The molecule has 0 aromatic rings. The zero-order chi connectivity index (χ0) is 5.21. The second kappa shape index (κ2) is 2.58. The van der Waals surface area contributed by atoms with Gasteiger partial charge in [0.1, 0.15) is 0 Å². The van der Waals surface area contributed by atoms with Crippen LogP contribution in [0.2, 0.25) is 0 Å². The Kier molecular flexibility index (Phi) is 3.14. The van der Waals surface area contributed by atoms with Gasteiger partial charge in [0.25, 0.3) is 0 Å². The van der Waals surface area contributed by atoms with Gasteiger partial charge in [-0.1, -0.05) is 0 Å². The van der Waals surface area contributed by atoms with Crippen molar-refractivity contribution in [3.05, 3.63) is 0 Å². The van der Waals surface area contributed by atoms with Crippen LogP contribution in [0, 0.1) is 0 Å². The molecule has 1 N–H and O–H groups in total. The molecule has 0 aliphatic carbocycles. The van der Waals surface area contributed by atoms with Crippen molar-refractivity contribution in [1.29, 1.82) is 0 Å². The SMILES string of the molecule is O=[S](=O)(O)[Zr][Fe]. The molecule has 0 rings (SSSR count). The minimum absolute atomic E-state index is 1.70. The van der Waals surface area contributed by atoms with Gasteiger partial charge in [0, 0.05) is 0 Å². The van der Waals surface area contributed by atoms with Gasteiger partial charge < -0.3 is 0 Å². The topological polar surface area (TPSA) is 54.4 Å². The monoisotopic (exact) mass is 227 g/mol. The molecule has 0 aromatic heterocycles. The van der Waals surface area contributed by atoms with Crippen LogP contribution in [-0.2, 0) is 38.6 Å². The third-order valence-electron chi connectivity index (χ3n) is 0.0912. The third kappa shape index (κ3) is 5.31. The molecular formula is HFeO3SZr. The first-order valence-corrected chi connectivity index (χ1v) is 9.48. The van der Waals surface area contributed by atoms with Gasteiger partial charge >= 0.3 is 51.5 Å². The Morgan fingerprint density at radius 1 is 1.67 bits per heavy atom. The minimum atomic E-state index is -3.60. The van der Waals surface area contributed by atoms with Crippen molar-refractivity contribution in [2.75, 3.05) is 0 Å². The van der Waals surface area contributed by atoms with E-state index in [0.717, 1.165) is 0 Å². The van der Waals surface area contributed by atoms with E-state index >= 15 is 0 Å². The molecule has 0 aliphatic heterocycles. The van der Waals surface area contributed by atoms with Crippen molar-refractivity contribution < 1.29 is 44.7 Å². The van der Waals surface area contributed by atoms with Crippen molar-refractivity contribution in [2.24, 2.45) is 0 Å².